The highest BCUT2D eigenvalue weighted by molar-refractivity contribution is 5.99. The van der Waals surface area contributed by atoms with Gasteiger partial charge in [0.1, 0.15) is 33.5 Å². The third kappa shape index (κ3) is 18.6. The van der Waals surface area contributed by atoms with Crippen LogP contribution in [0.2, 0.25) is 0 Å². The molecule has 0 saturated heterocycles. The minimum Gasteiger partial charge on any atom is -0.464 e. The average molecular weight is 833 g/mol. The highest BCUT2D eigenvalue weighted by Gasteiger charge is 2.69. The molecule has 2 aliphatic carbocycles. The summed E-state index contributed by atoms with van der Waals surface area (Å²) in [5, 5.41) is 2.60. The monoisotopic (exact) mass is 832 g/mol. The van der Waals surface area contributed by atoms with Gasteiger partial charge in [0.05, 0.1) is 13.2 Å². The Morgan fingerprint density at radius 1 is 0.586 bits per heavy atom. The molecule has 2 saturated carbocycles. The molecule has 0 bridgehead atoms. The second kappa shape index (κ2) is 20.2. The van der Waals surface area contributed by atoms with E-state index in [9.17, 15) is 33.6 Å². The van der Waals surface area contributed by atoms with Crippen molar-refractivity contribution in [1.29, 1.82) is 0 Å². The van der Waals surface area contributed by atoms with Crippen molar-refractivity contribution in [3.63, 3.8) is 0 Å². The predicted octanol–water partition coefficient (Wildman–Crippen LogP) is 9.05. The van der Waals surface area contributed by atoms with Gasteiger partial charge in [0.15, 0.2) is 5.54 Å². The fraction of sp³-hybridized carbons (Fsp3) is 0.732. The number of carbonyl (C=O) groups is 7. The largest absolute Gasteiger partial charge is 0.519 e. The second-order valence-electron chi connectivity index (χ2n) is 18.4. The summed E-state index contributed by atoms with van der Waals surface area (Å²) in [6, 6.07) is 0. The number of hydrogen-bond acceptors (Lipinski definition) is 15. The van der Waals surface area contributed by atoms with Gasteiger partial charge in [0.2, 0.25) is 0 Å². The molecule has 1 N–H and O–H groups in total. The Morgan fingerprint density at radius 3 is 1.24 bits per heavy atom. The Bertz CT molecular complexity index is 1460. The number of carbonyl (C=O) groups excluding carboxylic acids is 7. The van der Waals surface area contributed by atoms with Crippen molar-refractivity contribution >= 4 is 42.5 Å². The van der Waals surface area contributed by atoms with E-state index in [1.54, 1.807) is 124 Å². The van der Waals surface area contributed by atoms with Crippen LogP contribution in [-0.4, -0.2) is 99.7 Å². The zero-order chi connectivity index (χ0) is 45.9. The van der Waals surface area contributed by atoms with Crippen LogP contribution >= 0.6 is 0 Å². The first-order chi connectivity index (χ1) is 26.0. The van der Waals surface area contributed by atoms with E-state index in [1.165, 1.54) is 6.08 Å². The fourth-order valence-electron chi connectivity index (χ4n) is 4.77. The summed E-state index contributed by atoms with van der Waals surface area (Å²) < 4.78 is 39.7. The second-order valence-corrected chi connectivity index (χ2v) is 18.4. The quantitative estimate of drug-likeness (QED) is 0.105. The molecule has 336 valence electrons. The van der Waals surface area contributed by atoms with E-state index < -0.39 is 87.5 Å². The van der Waals surface area contributed by atoms with Crippen molar-refractivity contribution in [3.8, 4) is 0 Å². The van der Waals surface area contributed by atoms with Crippen LogP contribution in [-0.2, 0) is 47.5 Å². The molecule has 17 heteroatoms. The molecule has 0 spiro atoms. The summed E-state index contributed by atoms with van der Waals surface area (Å²) in [5.74, 6) is -1.60. The summed E-state index contributed by atoms with van der Waals surface area (Å²) >= 11 is 0. The van der Waals surface area contributed by atoms with Crippen LogP contribution in [0, 0.1) is 11.8 Å². The maximum atomic E-state index is 12.7. The van der Waals surface area contributed by atoms with Gasteiger partial charge in [-0.25, -0.2) is 33.6 Å². The normalized spacial score (nSPS) is 20.9. The summed E-state index contributed by atoms with van der Waals surface area (Å²) in [6.07, 6.45) is -0.707. The number of rotatable bonds is 8. The van der Waals surface area contributed by atoms with Gasteiger partial charge in [-0.2, -0.15) is 4.90 Å². The van der Waals surface area contributed by atoms with Crippen molar-refractivity contribution < 1.29 is 74.3 Å². The highest BCUT2D eigenvalue weighted by atomic mass is 16.8. The van der Waals surface area contributed by atoms with Crippen molar-refractivity contribution in [2.45, 2.75) is 170 Å². The molecule has 0 aromatic carbocycles. The van der Waals surface area contributed by atoms with Crippen LogP contribution in [0.3, 0.4) is 0 Å². The van der Waals surface area contributed by atoms with Crippen LogP contribution in [0.25, 0.3) is 0 Å². The van der Waals surface area contributed by atoms with Gasteiger partial charge in [-0.05, 0) is 131 Å². The number of nitrogens with one attached hydrogen (secondary N) is 1. The molecule has 0 radical (unpaired) electrons. The molecule has 58 heavy (non-hydrogen) atoms. The standard InChI is InChI=1S/C18H29NO6.C13H21NO4.C10H18O5.2H2/c1-9-12-11-18(12,13(20)23-10-2)19(14(21)24-16(3,4)5)15(22)25-17(6,7)8;1-6-9-8-13(9,10(15)17-7-2)14-11(16)18-12(3,4)5;1-9(2,3)14-7(11)13-8(12)15-10(4,5)6;;/h9,12H,1,10-11H2,2-8H3;6,9H,1,7-8H2,2-5H3,(H,14,16);1-6H3;2*1H/t12-,18-;9-,13-;;;/m11.../s1. The molecule has 0 heterocycles. The maximum Gasteiger partial charge on any atom is 0.519 e. The number of esters is 2. The minimum atomic E-state index is -1.47. The number of amides is 3. The molecular formula is C41H72N2O15. The molecule has 0 aromatic heterocycles. The van der Waals surface area contributed by atoms with Crippen molar-refractivity contribution in [3.05, 3.63) is 25.3 Å². The van der Waals surface area contributed by atoms with Gasteiger partial charge in [-0.3, -0.25) is 0 Å². The lowest BCUT2D eigenvalue weighted by atomic mass is 10.1. The lowest BCUT2D eigenvalue weighted by molar-refractivity contribution is -0.151. The van der Waals surface area contributed by atoms with Crippen LogP contribution in [0.5, 0.6) is 0 Å². The Kier molecular flexibility index (Phi) is 18.5. The molecule has 2 aliphatic rings. The van der Waals surface area contributed by atoms with E-state index >= 15 is 0 Å². The maximum absolute atomic E-state index is 12.7. The Balaban J connectivity index is -0.000000829. The Morgan fingerprint density at radius 2 is 0.948 bits per heavy atom. The number of nitrogens with zero attached hydrogens (tertiary/aromatic N) is 1. The molecule has 0 unspecified atom stereocenters. The van der Waals surface area contributed by atoms with Gasteiger partial charge < -0.3 is 43.2 Å². The number of imide groups is 1. The predicted molar refractivity (Wildman–Crippen MR) is 217 cm³/mol. The van der Waals surface area contributed by atoms with Crippen molar-refractivity contribution in [1.82, 2.24) is 10.2 Å². The molecule has 2 fully saturated rings. The third-order valence-corrected chi connectivity index (χ3v) is 7.06. The van der Waals surface area contributed by atoms with E-state index in [4.69, 9.17) is 33.2 Å². The minimum absolute atomic E-state index is 0. The van der Waals surface area contributed by atoms with Crippen molar-refractivity contribution in [2.24, 2.45) is 11.8 Å². The average Bonchev–Trinajstić information content (AvgIpc) is 3.88. The molecular weight excluding hydrogens is 760 g/mol. The topological polar surface area (TPSA) is 209 Å². The highest BCUT2D eigenvalue weighted by Crippen LogP contribution is 2.51. The van der Waals surface area contributed by atoms with Gasteiger partial charge in [-0.1, -0.05) is 12.2 Å². The smallest absolute Gasteiger partial charge is 0.464 e. The Hall–Kier alpha value is -4.83. The molecule has 0 aliphatic heterocycles. The zero-order valence-corrected chi connectivity index (χ0v) is 37.6. The summed E-state index contributed by atoms with van der Waals surface area (Å²) in [5.41, 5.74) is -6.13. The van der Waals surface area contributed by atoms with Crippen LogP contribution in [0.1, 0.15) is 133 Å². The number of ether oxygens (including phenoxy) is 8. The van der Waals surface area contributed by atoms with Crippen LogP contribution in [0.15, 0.2) is 25.3 Å². The first-order valence-corrected chi connectivity index (χ1v) is 19.0. The van der Waals surface area contributed by atoms with E-state index in [1.807, 2.05) is 0 Å². The molecule has 4 atom stereocenters. The third-order valence-electron chi connectivity index (χ3n) is 7.06. The van der Waals surface area contributed by atoms with E-state index in [-0.39, 0.29) is 28.4 Å². The molecule has 3 amide bonds. The van der Waals surface area contributed by atoms with Crippen LogP contribution in [0.4, 0.5) is 24.0 Å². The van der Waals surface area contributed by atoms with E-state index in [0.717, 1.165) is 4.90 Å². The summed E-state index contributed by atoms with van der Waals surface area (Å²) in [7, 11) is 0. The van der Waals surface area contributed by atoms with Gasteiger partial charge >= 0.3 is 42.5 Å². The summed E-state index contributed by atoms with van der Waals surface area (Å²) in [4.78, 5) is 84.3. The van der Waals surface area contributed by atoms with Gasteiger partial charge in [0, 0.05) is 14.7 Å². The summed E-state index contributed by atoms with van der Waals surface area (Å²) in [6.45, 7) is 36.5. The SMILES string of the molecule is C=C[C@@H]1C[C@@]1(C(=O)OCC)N(C(=O)OC(C)(C)C)C(=O)OC(C)(C)C.C=C[C@@H]1C[C@]1(NC(=O)OC(C)(C)C)C(=O)OCC.CC(C)(C)OC(=O)OC(=O)OC(C)(C)C.[HH].[HH]. The Labute approximate surface area is 346 Å². The number of alkyl carbamates (subject to hydrolysis) is 1. The van der Waals surface area contributed by atoms with Gasteiger partial charge in [0.25, 0.3) is 0 Å². The first-order valence-electron chi connectivity index (χ1n) is 19.0. The lowest BCUT2D eigenvalue weighted by Gasteiger charge is -2.33. The van der Waals surface area contributed by atoms with E-state index in [0.29, 0.717) is 6.42 Å². The van der Waals surface area contributed by atoms with Crippen molar-refractivity contribution in [2.75, 3.05) is 13.2 Å². The first kappa shape index (κ1) is 53.2. The van der Waals surface area contributed by atoms with E-state index in [2.05, 4.69) is 23.2 Å². The lowest BCUT2D eigenvalue weighted by Crippen LogP contribution is -2.55. The molecule has 0 aromatic rings. The van der Waals surface area contributed by atoms with Gasteiger partial charge in [-0.15, -0.1) is 13.2 Å². The molecule has 17 nitrogen and oxygen atoms in total. The molecule has 2 rings (SSSR count). The zero-order valence-electron chi connectivity index (χ0n) is 37.6. The fourth-order valence-corrected chi connectivity index (χ4v) is 4.77. The number of hydrogen-bond donors (Lipinski definition) is 1. The van der Waals surface area contributed by atoms with Crippen LogP contribution < -0.4 is 5.32 Å².